The molecule has 2 aliphatic heterocycles. The van der Waals surface area contributed by atoms with Gasteiger partial charge in [-0.1, -0.05) is 35.0 Å². The highest BCUT2D eigenvalue weighted by molar-refractivity contribution is 9.10. The number of morpholine rings is 1. The summed E-state index contributed by atoms with van der Waals surface area (Å²) in [6, 6.07) is 8.76. The average molecular weight is 454 g/mol. The van der Waals surface area contributed by atoms with Crippen molar-refractivity contribution in [3.63, 3.8) is 0 Å². The summed E-state index contributed by atoms with van der Waals surface area (Å²) < 4.78 is 6.63. The van der Waals surface area contributed by atoms with Crippen molar-refractivity contribution in [2.75, 3.05) is 52.5 Å². The van der Waals surface area contributed by atoms with Crippen LogP contribution in [-0.4, -0.2) is 62.3 Å². The van der Waals surface area contributed by atoms with Gasteiger partial charge in [0.2, 0.25) is 0 Å². The van der Waals surface area contributed by atoms with E-state index in [1.165, 1.54) is 49.1 Å². The Bertz CT molecular complexity index is 492. The molecular formula is C19H31BrCl2N2O. The predicted octanol–water partition coefficient (Wildman–Crippen LogP) is 4.44. The number of benzene rings is 1. The minimum Gasteiger partial charge on any atom is -0.379 e. The fraction of sp³-hybridized carbons (Fsp3) is 0.684. The van der Waals surface area contributed by atoms with Gasteiger partial charge < -0.3 is 9.64 Å². The minimum atomic E-state index is 0. The number of piperidine rings is 1. The van der Waals surface area contributed by atoms with Gasteiger partial charge >= 0.3 is 0 Å². The third kappa shape index (κ3) is 7.36. The van der Waals surface area contributed by atoms with Crippen molar-refractivity contribution >= 4 is 40.7 Å². The summed E-state index contributed by atoms with van der Waals surface area (Å²) in [6.45, 7) is 11.4. The summed E-state index contributed by atoms with van der Waals surface area (Å²) in [6.07, 6.45) is 2.70. The van der Waals surface area contributed by atoms with E-state index in [0.717, 1.165) is 32.2 Å². The number of hydrogen-bond donors (Lipinski definition) is 0. The van der Waals surface area contributed by atoms with E-state index < -0.39 is 0 Å². The number of rotatable bonds is 5. The van der Waals surface area contributed by atoms with Crippen molar-refractivity contribution in [3.05, 3.63) is 34.3 Å². The van der Waals surface area contributed by atoms with Gasteiger partial charge in [-0.2, -0.15) is 0 Å². The molecule has 1 unspecified atom stereocenters. The van der Waals surface area contributed by atoms with Gasteiger partial charge in [0.25, 0.3) is 0 Å². The van der Waals surface area contributed by atoms with E-state index in [1.54, 1.807) is 0 Å². The van der Waals surface area contributed by atoms with Crippen LogP contribution in [0.3, 0.4) is 0 Å². The second-order valence-electron chi connectivity index (χ2n) is 7.11. The van der Waals surface area contributed by atoms with Crippen LogP contribution in [0.25, 0.3) is 0 Å². The molecule has 0 amide bonds. The Hall–Kier alpha value is 0.160. The molecule has 1 aromatic rings. The van der Waals surface area contributed by atoms with Gasteiger partial charge in [0.15, 0.2) is 0 Å². The Morgan fingerprint density at radius 1 is 1.08 bits per heavy atom. The van der Waals surface area contributed by atoms with Crippen LogP contribution in [0.2, 0.25) is 0 Å². The highest BCUT2D eigenvalue weighted by Gasteiger charge is 2.23. The molecule has 3 rings (SSSR count). The lowest BCUT2D eigenvalue weighted by atomic mass is 9.94. The lowest BCUT2D eigenvalue weighted by molar-refractivity contribution is 0.0243. The molecular weight excluding hydrogens is 423 g/mol. The maximum Gasteiger partial charge on any atom is 0.0594 e. The molecule has 2 aliphatic rings. The molecule has 0 aliphatic carbocycles. The second kappa shape index (κ2) is 11.8. The van der Waals surface area contributed by atoms with E-state index >= 15 is 0 Å². The maximum atomic E-state index is 5.45. The number of ether oxygens (including phenoxy) is 1. The lowest BCUT2D eigenvalue weighted by Crippen LogP contribution is -2.43. The largest absolute Gasteiger partial charge is 0.379 e. The molecule has 144 valence electrons. The van der Waals surface area contributed by atoms with Crippen LogP contribution in [0.5, 0.6) is 0 Å². The third-order valence-electron chi connectivity index (χ3n) is 5.28. The summed E-state index contributed by atoms with van der Waals surface area (Å²) in [5, 5.41) is 0. The molecule has 1 atom stereocenters. The summed E-state index contributed by atoms with van der Waals surface area (Å²) in [4.78, 5) is 5.25. The molecule has 25 heavy (non-hydrogen) atoms. The molecule has 6 heteroatoms. The van der Waals surface area contributed by atoms with Gasteiger partial charge in [0.1, 0.15) is 0 Å². The molecule has 2 heterocycles. The summed E-state index contributed by atoms with van der Waals surface area (Å²) in [5.74, 6) is 1.48. The Balaban J connectivity index is 0.00000156. The topological polar surface area (TPSA) is 15.7 Å². The van der Waals surface area contributed by atoms with E-state index in [2.05, 4.69) is 56.9 Å². The van der Waals surface area contributed by atoms with Crippen LogP contribution in [0.1, 0.15) is 31.2 Å². The van der Waals surface area contributed by atoms with Gasteiger partial charge in [-0.25, -0.2) is 0 Å². The number of hydrogen-bond acceptors (Lipinski definition) is 3. The smallest absolute Gasteiger partial charge is 0.0594 e. The lowest BCUT2D eigenvalue weighted by Gasteiger charge is -2.37. The van der Waals surface area contributed by atoms with Crippen LogP contribution in [0.4, 0.5) is 0 Å². The molecule has 0 aromatic heterocycles. The van der Waals surface area contributed by atoms with Crippen LogP contribution in [0.15, 0.2) is 28.7 Å². The molecule has 0 saturated carbocycles. The van der Waals surface area contributed by atoms with Crippen molar-refractivity contribution in [3.8, 4) is 0 Å². The summed E-state index contributed by atoms with van der Waals surface area (Å²) in [7, 11) is 0. The number of likely N-dealkylation sites (tertiary alicyclic amines) is 1. The van der Waals surface area contributed by atoms with E-state index in [9.17, 15) is 0 Å². The monoisotopic (exact) mass is 452 g/mol. The Labute approximate surface area is 173 Å². The highest BCUT2D eigenvalue weighted by Crippen LogP contribution is 2.24. The molecule has 0 radical (unpaired) electrons. The van der Waals surface area contributed by atoms with Gasteiger partial charge in [0.05, 0.1) is 13.2 Å². The number of nitrogens with zero attached hydrogens (tertiary/aromatic N) is 2. The summed E-state index contributed by atoms with van der Waals surface area (Å²) >= 11 is 3.58. The fourth-order valence-corrected chi connectivity index (χ4v) is 4.22. The van der Waals surface area contributed by atoms with Gasteiger partial charge in [0, 0.05) is 30.7 Å². The Morgan fingerprint density at radius 2 is 1.76 bits per heavy atom. The first-order valence-electron chi connectivity index (χ1n) is 8.98. The molecule has 1 aromatic carbocycles. The Kier molecular flexibility index (Phi) is 10.9. The molecule has 3 nitrogen and oxygen atoms in total. The maximum absolute atomic E-state index is 5.45. The van der Waals surface area contributed by atoms with Crippen LogP contribution in [-0.2, 0) is 4.74 Å². The van der Waals surface area contributed by atoms with Crippen molar-refractivity contribution in [1.29, 1.82) is 0 Å². The zero-order valence-electron chi connectivity index (χ0n) is 15.0. The Morgan fingerprint density at radius 3 is 2.40 bits per heavy atom. The molecule has 2 fully saturated rings. The normalized spacial score (nSPS) is 21.2. The molecule has 0 spiro atoms. The van der Waals surface area contributed by atoms with Gasteiger partial charge in [-0.3, -0.25) is 4.90 Å². The van der Waals surface area contributed by atoms with E-state index in [1.807, 2.05) is 0 Å². The van der Waals surface area contributed by atoms with Crippen LogP contribution >= 0.6 is 40.7 Å². The molecule has 2 saturated heterocycles. The second-order valence-corrected chi connectivity index (χ2v) is 8.03. The van der Waals surface area contributed by atoms with Crippen molar-refractivity contribution in [2.24, 2.45) is 5.92 Å². The first kappa shape index (κ1) is 23.2. The quantitative estimate of drug-likeness (QED) is 0.655. The standard InChI is InChI=1S/C19H29BrN2O.2ClH/c1-16(18-3-2-4-19(20)13-18)14-21-7-5-17(6-8-21)15-22-9-11-23-12-10-22;;/h2-4,13,16-17H,5-12,14-15H2,1H3;2*1H. The zero-order valence-corrected chi connectivity index (χ0v) is 18.3. The van der Waals surface area contributed by atoms with E-state index in [0.29, 0.717) is 5.92 Å². The fourth-order valence-electron chi connectivity index (χ4n) is 3.81. The SMILES string of the molecule is CC(CN1CCC(CN2CCOCC2)CC1)c1cccc(Br)c1.Cl.Cl. The molecule has 0 N–H and O–H groups in total. The van der Waals surface area contributed by atoms with E-state index in [-0.39, 0.29) is 24.8 Å². The van der Waals surface area contributed by atoms with E-state index in [4.69, 9.17) is 4.74 Å². The van der Waals surface area contributed by atoms with Gasteiger partial charge in [-0.15, -0.1) is 24.8 Å². The van der Waals surface area contributed by atoms with Crippen molar-refractivity contribution in [1.82, 2.24) is 9.80 Å². The predicted molar refractivity (Wildman–Crippen MR) is 113 cm³/mol. The first-order chi connectivity index (χ1) is 11.2. The van der Waals surface area contributed by atoms with Crippen molar-refractivity contribution < 1.29 is 4.74 Å². The van der Waals surface area contributed by atoms with Gasteiger partial charge in [-0.05, 0) is 55.5 Å². The minimum absolute atomic E-state index is 0. The summed E-state index contributed by atoms with van der Waals surface area (Å²) in [5.41, 5.74) is 1.44. The van der Waals surface area contributed by atoms with Crippen LogP contribution < -0.4 is 0 Å². The number of halogens is 3. The molecule has 0 bridgehead atoms. The highest BCUT2D eigenvalue weighted by atomic mass is 79.9. The third-order valence-corrected chi connectivity index (χ3v) is 5.77. The van der Waals surface area contributed by atoms with Crippen molar-refractivity contribution in [2.45, 2.75) is 25.7 Å². The average Bonchev–Trinajstić information content (AvgIpc) is 2.57. The first-order valence-corrected chi connectivity index (χ1v) is 9.78. The van der Waals surface area contributed by atoms with Crippen LogP contribution in [0, 0.1) is 5.92 Å². The zero-order chi connectivity index (χ0) is 16.1.